The highest BCUT2D eigenvalue weighted by Crippen LogP contribution is 2.31. The van der Waals surface area contributed by atoms with E-state index in [1.807, 2.05) is 6.92 Å². The summed E-state index contributed by atoms with van der Waals surface area (Å²) < 4.78 is 44.6. The second-order valence-electron chi connectivity index (χ2n) is 17.3. The monoisotopic (exact) mass is 988 g/mol. The van der Waals surface area contributed by atoms with Crippen molar-refractivity contribution in [3.8, 4) is 0 Å². The maximum Gasteiger partial charge on any atom is 0.234 e. The number of nitrogens with zero attached hydrogens (tertiary/aromatic N) is 1. The zero-order valence-corrected chi connectivity index (χ0v) is 38.2. The fourth-order valence-electron chi connectivity index (χ4n) is 7.73. The van der Waals surface area contributed by atoms with Gasteiger partial charge in [-0.3, -0.25) is 19.3 Å². The topological polar surface area (TPSA) is 404 Å². The molecule has 4 fully saturated rings. The minimum absolute atomic E-state index is 0.00972. The van der Waals surface area contributed by atoms with Crippen molar-refractivity contribution in [1.82, 2.24) is 20.9 Å². The van der Waals surface area contributed by atoms with E-state index in [-0.39, 0.29) is 51.3 Å². The van der Waals surface area contributed by atoms with Gasteiger partial charge in [-0.2, -0.15) is 0 Å². The van der Waals surface area contributed by atoms with Gasteiger partial charge in [-0.25, -0.2) is 0 Å². The summed E-state index contributed by atoms with van der Waals surface area (Å²) in [5.74, 6) is -1.61. The smallest absolute Gasteiger partial charge is 0.234 e. The van der Waals surface area contributed by atoms with E-state index in [9.17, 15) is 75.3 Å². The molecule has 27 nitrogen and oxygen atoms in total. The number of ether oxygens (including phenoxy) is 8. The third-order valence-corrected chi connectivity index (χ3v) is 11.6. The van der Waals surface area contributed by atoms with Crippen LogP contribution in [0.15, 0.2) is 0 Å². The Kier molecular flexibility index (Phi) is 24.6. The van der Waals surface area contributed by atoms with E-state index in [0.29, 0.717) is 45.1 Å². The Balaban J connectivity index is 1.35. The quantitative estimate of drug-likeness (QED) is 0.0340. The van der Waals surface area contributed by atoms with E-state index in [4.69, 9.17) is 37.9 Å². The van der Waals surface area contributed by atoms with Crippen LogP contribution >= 0.6 is 0 Å². The molecule has 0 aromatic heterocycles. The van der Waals surface area contributed by atoms with Crippen LogP contribution in [0.1, 0.15) is 52.4 Å². The molecule has 0 saturated carbocycles. The maximum absolute atomic E-state index is 13.2. The maximum atomic E-state index is 13.2. The lowest BCUT2D eigenvalue weighted by Crippen LogP contribution is -2.65. The van der Waals surface area contributed by atoms with E-state index in [2.05, 4.69) is 16.0 Å². The molecule has 0 spiro atoms. The molecule has 18 atom stereocenters. The normalized spacial score (nSPS) is 36.6. The van der Waals surface area contributed by atoms with Crippen molar-refractivity contribution in [3.05, 3.63) is 0 Å². The fraction of sp³-hybridized carbons (Fsp3) is 0.902. The average Bonchev–Trinajstić information content (AvgIpc) is 3.29. The molecular weight excluding hydrogens is 916 g/mol. The lowest BCUT2D eigenvalue weighted by Gasteiger charge is -2.46. The van der Waals surface area contributed by atoms with Gasteiger partial charge in [-0.05, 0) is 39.5 Å². The largest absolute Gasteiger partial charge is 0.394 e. The van der Waals surface area contributed by atoms with E-state index in [0.717, 1.165) is 0 Å². The summed E-state index contributed by atoms with van der Waals surface area (Å²) in [5.41, 5.74) is 0. The summed E-state index contributed by atoms with van der Waals surface area (Å²) >= 11 is 0. The van der Waals surface area contributed by atoms with Crippen molar-refractivity contribution in [2.24, 2.45) is 0 Å². The molecule has 0 radical (unpaired) electrons. The summed E-state index contributed by atoms with van der Waals surface area (Å²) in [7, 11) is 0. The standard InChI is InChI=1S/C41H72N4O23/c1-20(48)6-4-3-5-9-42-26(50)14-45(15-27(51)43-10-12-61-38-22(49)8-7-21(2)64-38)16-28(52)44-11-13-62-40-36(60)37(68-41-35(59)33(57)30(54)24(18-47)66-41)31(55)25(67-40)19-63-39-34(58)32(56)29(53)23(17-46)65-39/h21-25,29-41,46-47,49,53-60H,3-19H2,1-2H3,(H,42,50)(H,43,51)(H,44,52)/t21-,22-,23+,24+,25+,29+,30+,31+,32-,33-,34-,35-,36-,37-,38+,39-,40-,41+/m0/s1. The number of nitrogens with one attached hydrogen (secondary N) is 3. The lowest BCUT2D eigenvalue weighted by molar-refractivity contribution is -0.366. The first-order valence-electron chi connectivity index (χ1n) is 22.8. The van der Waals surface area contributed by atoms with Crippen molar-refractivity contribution in [2.75, 3.05) is 72.3 Å². The lowest BCUT2D eigenvalue weighted by atomic mass is 9.96. The van der Waals surface area contributed by atoms with Gasteiger partial charge in [0.2, 0.25) is 17.7 Å². The summed E-state index contributed by atoms with van der Waals surface area (Å²) in [6.07, 6.45) is -24.3. The molecule has 4 aliphatic heterocycles. The minimum Gasteiger partial charge on any atom is -0.394 e. The van der Waals surface area contributed by atoms with Gasteiger partial charge in [0.15, 0.2) is 25.2 Å². The van der Waals surface area contributed by atoms with Crippen LogP contribution in [-0.4, -0.2) is 267 Å². The van der Waals surface area contributed by atoms with E-state index in [1.54, 1.807) is 0 Å². The number of rotatable bonds is 27. The number of carbonyl (C=O) groups excluding carboxylic acids is 4. The van der Waals surface area contributed by atoms with Crippen molar-refractivity contribution in [2.45, 2.75) is 163 Å². The van der Waals surface area contributed by atoms with Crippen LogP contribution in [0.2, 0.25) is 0 Å². The highest BCUT2D eigenvalue weighted by Gasteiger charge is 2.52. The molecule has 394 valence electrons. The van der Waals surface area contributed by atoms with Gasteiger partial charge in [0.1, 0.15) is 85.1 Å². The average molecular weight is 989 g/mol. The molecule has 0 aromatic rings. The summed E-state index contributed by atoms with van der Waals surface area (Å²) in [4.78, 5) is 51.5. The molecule has 14 N–H and O–H groups in total. The number of carbonyl (C=O) groups is 4. The van der Waals surface area contributed by atoms with E-state index < -0.39 is 149 Å². The number of Topliss-reactive ketones (excluding diaryl/α,β-unsaturated/α-hetero) is 1. The molecule has 27 heteroatoms. The van der Waals surface area contributed by atoms with E-state index >= 15 is 0 Å². The predicted molar refractivity (Wildman–Crippen MR) is 225 cm³/mol. The molecule has 3 amide bonds. The Morgan fingerprint density at radius 3 is 1.60 bits per heavy atom. The molecule has 4 heterocycles. The molecule has 4 rings (SSSR count). The number of unbranched alkanes of at least 4 members (excludes halogenated alkanes) is 2. The number of hydrogen-bond acceptors (Lipinski definition) is 24. The van der Waals surface area contributed by atoms with Gasteiger partial charge in [0.05, 0.1) is 58.8 Å². The number of aliphatic hydroxyl groups is 11. The molecule has 68 heavy (non-hydrogen) atoms. The van der Waals surface area contributed by atoms with Crippen LogP contribution in [0.4, 0.5) is 0 Å². The molecule has 0 aromatic carbocycles. The Bertz CT molecular complexity index is 1540. The third kappa shape index (κ3) is 17.5. The van der Waals surface area contributed by atoms with Gasteiger partial charge in [-0.1, -0.05) is 6.42 Å². The second kappa shape index (κ2) is 29.0. The number of aliphatic hydroxyl groups excluding tert-OH is 11. The Hall–Kier alpha value is -2.72. The molecule has 4 saturated heterocycles. The highest BCUT2D eigenvalue weighted by atomic mass is 16.8. The molecule has 0 bridgehead atoms. The van der Waals surface area contributed by atoms with Crippen LogP contribution < -0.4 is 16.0 Å². The van der Waals surface area contributed by atoms with Crippen molar-refractivity contribution in [3.63, 3.8) is 0 Å². The Morgan fingerprint density at radius 1 is 0.544 bits per heavy atom. The summed E-state index contributed by atoms with van der Waals surface area (Å²) in [5, 5.41) is 122. The zero-order valence-electron chi connectivity index (χ0n) is 38.2. The fourth-order valence-corrected chi connectivity index (χ4v) is 7.73. The van der Waals surface area contributed by atoms with Crippen LogP contribution in [0.25, 0.3) is 0 Å². The first kappa shape index (κ1) is 57.9. The SMILES string of the molecule is CC(=O)CCCCCNC(=O)CN(CC(=O)NCCO[C@H]1O[C@H](CO[C@H]2O[C@H](CO)[C@@H](O)[C@H](O)[C@@H]2O)[C@@H](O)[C@H](O[C@H]2O[C@H](CO)[C@@H](O)[C@H](O)[C@@H]2O)[C@@H]1O)CC(=O)NCCO[C@@H]1O[C@@H](C)CC[C@@H]1O. The first-order valence-corrected chi connectivity index (χ1v) is 22.8. The minimum atomic E-state index is -1.96. The van der Waals surface area contributed by atoms with Crippen molar-refractivity contribution >= 4 is 23.5 Å². The van der Waals surface area contributed by atoms with Crippen LogP contribution in [0.5, 0.6) is 0 Å². The zero-order chi connectivity index (χ0) is 50.1. The van der Waals surface area contributed by atoms with Gasteiger partial charge in [0.25, 0.3) is 0 Å². The second-order valence-corrected chi connectivity index (χ2v) is 17.3. The van der Waals surface area contributed by atoms with Gasteiger partial charge in [-0.15, -0.1) is 0 Å². The van der Waals surface area contributed by atoms with Crippen LogP contribution in [-0.2, 0) is 57.1 Å². The predicted octanol–water partition coefficient (Wildman–Crippen LogP) is -7.85. The molecule has 4 aliphatic rings. The van der Waals surface area contributed by atoms with Gasteiger partial charge in [0, 0.05) is 26.1 Å². The highest BCUT2D eigenvalue weighted by molar-refractivity contribution is 5.84. The van der Waals surface area contributed by atoms with E-state index in [1.165, 1.54) is 11.8 Å². The van der Waals surface area contributed by atoms with Gasteiger partial charge < -0.3 is 115 Å². The van der Waals surface area contributed by atoms with Crippen LogP contribution in [0.3, 0.4) is 0 Å². The third-order valence-electron chi connectivity index (χ3n) is 11.6. The first-order chi connectivity index (χ1) is 32.3. The van der Waals surface area contributed by atoms with Crippen molar-refractivity contribution < 1.29 is 113 Å². The molecular formula is C41H72N4O23. The Labute approximate surface area is 392 Å². The number of ketones is 1. The summed E-state index contributed by atoms with van der Waals surface area (Å²) in [6.45, 7) is -0.426. The molecule has 0 aliphatic carbocycles. The number of hydrogen-bond donors (Lipinski definition) is 14. The Morgan fingerprint density at radius 2 is 1.04 bits per heavy atom. The van der Waals surface area contributed by atoms with Crippen LogP contribution in [0, 0.1) is 0 Å². The molecule has 0 unspecified atom stereocenters. The van der Waals surface area contributed by atoms with Crippen molar-refractivity contribution in [1.29, 1.82) is 0 Å². The van der Waals surface area contributed by atoms with Gasteiger partial charge >= 0.3 is 0 Å². The number of amides is 3. The summed E-state index contributed by atoms with van der Waals surface area (Å²) in [6, 6.07) is 0.